The molecule has 0 aliphatic carbocycles. The molecular formula is C15H32O2. The van der Waals surface area contributed by atoms with E-state index in [0.29, 0.717) is 6.61 Å². The van der Waals surface area contributed by atoms with Crippen LogP contribution < -0.4 is 0 Å². The molecule has 0 saturated carbocycles. The molecule has 0 atom stereocenters. The Kier molecular flexibility index (Phi) is 19.8. The zero-order chi connectivity index (χ0) is 13.4. The lowest BCUT2D eigenvalue weighted by atomic mass is 10.1. The second-order valence-corrected chi connectivity index (χ2v) is 4.46. The van der Waals surface area contributed by atoms with E-state index in [9.17, 15) is 4.79 Å². The third-order valence-electron chi connectivity index (χ3n) is 2.51. The molecule has 104 valence electrons. The highest BCUT2D eigenvalue weighted by Gasteiger charge is 1.89. The Labute approximate surface area is 108 Å². The van der Waals surface area contributed by atoms with Crippen LogP contribution in [0, 0.1) is 0 Å². The van der Waals surface area contributed by atoms with E-state index in [4.69, 9.17) is 4.74 Å². The largest absolute Gasteiger partial charge is 0.466 e. The van der Waals surface area contributed by atoms with Crippen LogP contribution in [0.2, 0.25) is 0 Å². The van der Waals surface area contributed by atoms with E-state index in [1.807, 2.05) is 0 Å². The molecule has 0 aliphatic rings. The molecule has 0 fully saturated rings. The molecule has 0 spiro atoms. The van der Waals surface area contributed by atoms with E-state index in [1.54, 1.807) is 0 Å². The Morgan fingerprint density at radius 1 is 0.765 bits per heavy atom. The van der Waals surface area contributed by atoms with Gasteiger partial charge in [-0.3, -0.25) is 4.79 Å². The summed E-state index contributed by atoms with van der Waals surface area (Å²) in [5.41, 5.74) is 0. The second-order valence-electron chi connectivity index (χ2n) is 4.46. The first-order valence-electron chi connectivity index (χ1n) is 7.32. The average molecular weight is 244 g/mol. The predicted molar refractivity (Wildman–Crippen MR) is 75.2 cm³/mol. The van der Waals surface area contributed by atoms with E-state index in [2.05, 4.69) is 20.8 Å². The van der Waals surface area contributed by atoms with Crippen molar-refractivity contribution < 1.29 is 9.53 Å². The minimum atomic E-state index is -0.175. The van der Waals surface area contributed by atoms with Crippen LogP contribution in [0.25, 0.3) is 0 Å². The van der Waals surface area contributed by atoms with Crippen LogP contribution in [0.15, 0.2) is 0 Å². The number of carbonyl (C=O) groups excluding carboxylic acids is 1. The van der Waals surface area contributed by atoms with E-state index in [-0.39, 0.29) is 5.97 Å². The molecule has 2 heteroatoms. The summed E-state index contributed by atoms with van der Waals surface area (Å²) in [6, 6.07) is 0. The number of hydrogen-bond donors (Lipinski definition) is 0. The molecule has 2 nitrogen and oxygen atoms in total. The lowest BCUT2D eigenvalue weighted by Crippen LogP contribution is -1.99. The van der Waals surface area contributed by atoms with E-state index < -0.39 is 0 Å². The van der Waals surface area contributed by atoms with Gasteiger partial charge < -0.3 is 4.74 Å². The summed E-state index contributed by atoms with van der Waals surface area (Å²) in [5, 5.41) is 0. The summed E-state index contributed by atoms with van der Waals surface area (Å²) in [5.74, 6) is -0.175. The Morgan fingerprint density at radius 3 is 1.53 bits per heavy atom. The van der Waals surface area contributed by atoms with Gasteiger partial charge in [0.25, 0.3) is 0 Å². The molecule has 0 heterocycles. The lowest BCUT2D eigenvalue weighted by molar-refractivity contribution is -0.141. The molecular weight excluding hydrogens is 212 g/mol. The summed E-state index contributed by atoms with van der Waals surface area (Å²) >= 11 is 0. The molecule has 0 radical (unpaired) electrons. The summed E-state index contributed by atoms with van der Waals surface area (Å²) in [4.78, 5) is 10.2. The Morgan fingerprint density at radius 2 is 1.18 bits per heavy atom. The van der Waals surface area contributed by atoms with Crippen LogP contribution in [-0.2, 0) is 9.53 Å². The van der Waals surface area contributed by atoms with Gasteiger partial charge in [-0.1, -0.05) is 72.1 Å². The van der Waals surface area contributed by atoms with Gasteiger partial charge in [-0.25, -0.2) is 0 Å². The van der Waals surface area contributed by atoms with Crippen molar-refractivity contribution >= 4 is 5.97 Å². The molecule has 0 bridgehead atoms. The van der Waals surface area contributed by atoms with Crippen molar-refractivity contribution in [2.75, 3.05) is 6.61 Å². The second kappa shape index (κ2) is 17.9. The third-order valence-corrected chi connectivity index (χ3v) is 2.51. The fraction of sp³-hybridized carbons (Fsp3) is 0.933. The minimum absolute atomic E-state index is 0.175. The maximum absolute atomic E-state index is 10.2. The van der Waals surface area contributed by atoms with Gasteiger partial charge in [0.2, 0.25) is 0 Å². The summed E-state index contributed by atoms with van der Waals surface area (Å²) in [6.45, 7) is 8.65. The number of unbranched alkanes of at least 4 members (excludes halogenated alkanes) is 7. The third kappa shape index (κ3) is 25.6. The Balaban J connectivity index is 0. The molecule has 0 aromatic heterocycles. The maximum atomic E-state index is 10.2. The normalized spacial score (nSPS) is 9.41. The number of carbonyl (C=O) groups is 1. The van der Waals surface area contributed by atoms with Crippen LogP contribution in [0.5, 0.6) is 0 Å². The van der Waals surface area contributed by atoms with Crippen molar-refractivity contribution in [3.8, 4) is 0 Å². The topological polar surface area (TPSA) is 26.3 Å². The van der Waals surface area contributed by atoms with Gasteiger partial charge in [0.05, 0.1) is 6.61 Å². The van der Waals surface area contributed by atoms with Crippen LogP contribution in [0.1, 0.15) is 85.5 Å². The fourth-order valence-corrected chi connectivity index (χ4v) is 1.42. The van der Waals surface area contributed by atoms with Crippen LogP contribution >= 0.6 is 0 Å². The van der Waals surface area contributed by atoms with Crippen molar-refractivity contribution in [3.63, 3.8) is 0 Å². The van der Waals surface area contributed by atoms with Crippen molar-refractivity contribution in [2.45, 2.75) is 85.5 Å². The highest BCUT2D eigenvalue weighted by Crippen LogP contribution is 2.03. The van der Waals surface area contributed by atoms with E-state index >= 15 is 0 Å². The van der Waals surface area contributed by atoms with Crippen molar-refractivity contribution in [3.05, 3.63) is 0 Å². The monoisotopic (exact) mass is 244 g/mol. The lowest BCUT2D eigenvalue weighted by Gasteiger charge is -1.98. The van der Waals surface area contributed by atoms with Gasteiger partial charge in [-0.15, -0.1) is 0 Å². The molecule has 0 aromatic rings. The predicted octanol–water partition coefficient (Wildman–Crippen LogP) is 5.11. The van der Waals surface area contributed by atoms with E-state index in [0.717, 1.165) is 12.8 Å². The van der Waals surface area contributed by atoms with Gasteiger partial charge >= 0.3 is 5.97 Å². The average Bonchev–Trinajstić information content (AvgIpc) is 2.31. The standard InChI is InChI=1S/C8H18.C7H14O2/c1-3-5-7-8-6-4-2;1-3-4-5-6-9-7(2)8/h3-8H2,1-2H3;3-6H2,1-2H3. The molecule has 0 N–H and O–H groups in total. The Bertz CT molecular complexity index is 138. The van der Waals surface area contributed by atoms with Crippen LogP contribution in [0.3, 0.4) is 0 Å². The summed E-state index contributed by atoms with van der Waals surface area (Å²) in [7, 11) is 0. The zero-order valence-electron chi connectivity index (χ0n) is 12.4. The van der Waals surface area contributed by atoms with Gasteiger partial charge in [0, 0.05) is 6.92 Å². The quantitative estimate of drug-likeness (QED) is 0.416. The molecule has 17 heavy (non-hydrogen) atoms. The van der Waals surface area contributed by atoms with Crippen LogP contribution in [0.4, 0.5) is 0 Å². The SMILES string of the molecule is CCCCCCCC.CCCCCOC(C)=O. The van der Waals surface area contributed by atoms with E-state index in [1.165, 1.54) is 51.9 Å². The molecule has 0 unspecified atom stereocenters. The fourth-order valence-electron chi connectivity index (χ4n) is 1.42. The first-order chi connectivity index (χ1) is 8.18. The van der Waals surface area contributed by atoms with Gasteiger partial charge in [-0.2, -0.15) is 0 Å². The van der Waals surface area contributed by atoms with Crippen molar-refractivity contribution in [2.24, 2.45) is 0 Å². The first-order valence-corrected chi connectivity index (χ1v) is 7.32. The molecule has 0 rings (SSSR count). The highest BCUT2D eigenvalue weighted by molar-refractivity contribution is 5.65. The highest BCUT2D eigenvalue weighted by atomic mass is 16.5. The number of ether oxygens (including phenoxy) is 1. The Hall–Kier alpha value is -0.530. The van der Waals surface area contributed by atoms with Crippen molar-refractivity contribution in [1.29, 1.82) is 0 Å². The number of esters is 1. The molecule has 0 saturated heterocycles. The van der Waals surface area contributed by atoms with Gasteiger partial charge in [0.15, 0.2) is 0 Å². The maximum Gasteiger partial charge on any atom is 0.302 e. The smallest absolute Gasteiger partial charge is 0.302 e. The van der Waals surface area contributed by atoms with Gasteiger partial charge in [0.1, 0.15) is 0 Å². The van der Waals surface area contributed by atoms with Gasteiger partial charge in [-0.05, 0) is 6.42 Å². The summed E-state index contributed by atoms with van der Waals surface area (Å²) < 4.78 is 4.70. The zero-order valence-corrected chi connectivity index (χ0v) is 12.4. The number of rotatable bonds is 9. The van der Waals surface area contributed by atoms with Crippen molar-refractivity contribution in [1.82, 2.24) is 0 Å². The molecule has 0 aliphatic heterocycles. The molecule has 0 aromatic carbocycles. The first kappa shape index (κ1) is 18.8. The molecule has 0 amide bonds. The summed E-state index contributed by atoms with van der Waals surface area (Å²) in [6.07, 6.45) is 11.8. The minimum Gasteiger partial charge on any atom is -0.466 e. The number of hydrogen-bond acceptors (Lipinski definition) is 2. The van der Waals surface area contributed by atoms with Crippen LogP contribution in [-0.4, -0.2) is 12.6 Å².